The smallest absolute Gasteiger partial charge is 0.147 e. The molecule has 2 rings (SSSR count). The topological polar surface area (TPSA) is 29.9 Å². The van der Waals surface area contributed by atoms with Crippen LogP contribution in [0.15, 0.2) is 42.6 Å². The molecule has 0 unspecified atom stereocenters. The number of anilines is 1. The molecule has 0 aliphatic heterocycles. The van der Waals surface area contributed by atoms with Crippen LogP contribution in [0.4, 0.5) is 5.82 Å². The van der Waals surface area contributed by atoms with Crippen LogP contribution in [0.5, 0.6) is 0 Å². The van der Waals surface area contributed by atoms with E-state index in [1.54, 1.807) is 0 Å². The SMILES string of the molecule is CCn1ccc(NCCCCc2ccccc2)n1. The average Bonchev–Trinajstić information content (AvgIpc) is 2.87. The Morgan fingerprint density at radius 1 is 1.11 bits per heavy atom. The molecule has 18 heavy (non-hydrogen) atoms. The summed E-state index contributed by atoms with van der Waals surface area (Å²) >= 11 is 0. The molecule has 0 spiro atoms. The molecule has 0 saturated carbocycles. The lowest BCUT2D eigenvalue weighted by molar-refractivity contribution is 0.660. The molecule has 0 aliphatic rings. The molecule has 2 aromatic rings. The first-order valence-electron chi connectivity index (χ1n) is 6.69. The van der Waals surface area contributed by atoms with Gasteiger partial charge in [0.25, 0.3) is 0 Å². The number of nitrogens with one attached hydrogen (secondary N) is 1. The van der Waals surface area contributed by atoms with E-state index in [4.69, 9.17) is 0 Å². The number of benzene rings is 1. The van der Waals surface area contributed by atoms with E-state index < -0.39 is 0 Å². The number of hydrogen-bond donors (Lipinski definition) is 1. The van der Waals surface area contributed by atoms with Crippen molar-refractivity contribution in [3.05, 3.63) is 48.2 Å². The van der Waals surface area contributed by atoms with E-state index >= 15 is 0 Å². The first-order chi connectivity index (χ1) is 8.88. The monoisotopic (exact) mass is 243 g/mol. The van der Waals surface area contributed by atoms with Crippen molar-refractivity contribution in [1.82, 2.24) is 9.78 Å². The highest BCUT2D eigenvalue weighted by Gasteiger charge is 1.96. The molecule has 0 saturated heterocycles. The molecule has 0 atom stereocenters. The quantitative estimate of drug-likeness (QED) is 0.756. The van der Waals surface area contributed by atoms with Crippen molar-refractivity contribution < 1.29 is 0 Å². The number of nitrogens with zero attached hydrogens (tertiary/aromatic N) is 2. The van der Waals surface area contributed by atoms with Gasteiger partial charge in [0.2, 0.25) is 0 Å². The van der Waals surface area contributed by atoms with E-state index in [1.807, 2.05) is 16.9 Å². The van der Waals surface area contributed by atoms with E-state index in [0.29, 0.717) is 0 Å². The summed E-state index contributed by atoms with van der Waals surface area (Å²) < 4.78 is 1.94. The number of aryl methyl sites for hydroxylation is 2. The van der Waals surface area contributed by atoms with Crippen LogP contribution in [0, 0.1) is 0 Å². The average molecular weight is 243 g/mol. The van der Waals surface area contributed by atoms with Crippen molar-refractivity contribution in [3.8, 4) is 0 Å². The predicted molar refractivity (Wildman–Crippen MR) is 75.8 cm³/mol. The van der Waals surface area contributed by atoms with Crippen LogP contribution in [0.1, 0.15) is 25.3 Å². The fourth-order valence-corrected chi connectivity index (χ4v) is 1.95. The Morgan fingerprint density at radius 2 is 1.94 bits per heavy atom. The van der Waals surface area contributed by atoms with Gasteiger partial charge in [-0.2, -0.15) is 5.10 Å². The molecule has 3 nitrogen and oxygen atoms in total. The largest absolute Gasteiger partial charge is 0.369 e. The van der Waals surface area contributed by atoms with Gasteiger partial charge >= 0.3 is 0 Å². The first-order valence-corrected chi connectivity index (χ1v) is 6.69. The molecular formula is C15H21N3. The second-order valence-electron chi connectivity index (χ2n) is 4.43. The standard InChI is InChI=1S/C15H21N3/c1-2-18-13-11-15(17-18)16-12-7-6-10-14-8-4-3-5-9-14/h3-5,8-9,11,13H,2,6-7,10,12H2,1H3,(H,16,17). The molecule has 0 fully saturated rings. The zero-order chi connectivity index (χ0) is 12.6. The van der Waals surface area contributed by atoms with Crippen molar-refractivity contribution in [1.29, 1.82) is 0 Å². The van der Waals surface area contributed by atoms with Gasteiger partial charge in [0.15, 0.2) is 0 Å². The molecular weight excluding hydrogens is 222 g/mol. The summed E-state index contributed by atoms with van der Waals surface area (Å²) in [6.07, 6.45) is 5.55. The second-order valence-corrected chi connectivity index (χ2v) is 4.43. The minimum atomic E-state index is 0.926. The van der Waals surface area contributed by atoms with Gasteiger partial charge in [0.1, 0.15) is 5.82 Å². The third-order valence-corrected chi connectivity index (χ3v) is 3.01. The zero-order valence-corrected chi connectivity index (χ0v) is 11.0. The van der Waals surface area contributed by atoms with E-state index in [-0.39, 0.29) is 0 Å². The van der Waals surface area contributed by atoms with E-state index in [2.05, 4.69) is 47.7 Å². The Morgan fingerprint density at radius 3 is 2.67 bits per heavy atom. The van der Waals surface area contributed by atoms with Gasteiger partial charge < -0.3 is 5.32 Å². The van der Waals surface area contributed by atoms with Gasteiger partial charge in [-0.3, -0.25) is 4.68 Å². The summed E-state index contributed by atoms with van der Waals surface area (Å²) in [6, 6.07) is 12.7. The van der Waals surface area contributed by atoms with Gasteiger partial charge in [-0.1, -0.05) is 30.3 Å². The van der Waals surface area contributed by atoms with Crippen LogP contribution in [-0.4, -0.2) is 16.3 Å². The maximum absolute atomic E-state index is 4.39. The highest BCUT2D eigenvalue weighted by Crippen LogP contribution is 2.06. The van der Waals surface area contributed by atoms with Crippen molar-refractivity contribution in [3.63, 3.8) is 0 Å². The number of rotatable bonds is 7. The molecule has 1 aromatic carbocycles. The summed E-state index contributed by atoms with van der Waals surface area (Å²) in [5.41, 5.74) is 1.42. The van der Waals surface area contributed by atoms with Crippen LogP contribution in [-0.2, 0) is 13.0 Å². The highest BCUT2D eigenvalue weighted by molar-refractivity contribution is 5.31. The molecule has 96 valence electrons. The Labute approximate surface area is 109 Å². The van der Waals surface area contributed by atoms with Crippen molar-refractivity contribution in [2.75, 3.05) is 11.9 Å². The lowest BCUT2D eigenvalue weighted by Crippen LogP contribution is -2.03. The van der Waals surface area contributed by atoms with E-state index in [9.17, 15) is 0 Å². The minimum Gasteiger partial charge on any atom is -0.369 e. The van der Waals surface area contributed by atoms with Crippen molar-refractivity contribution in [2.45, 2.75) is 32.7 Å². The third-order valence-electron chi connectivity index (χ3n) is 3.01. The summed E-state index contributed by atoms with van der Waals surface area (Å²) in [6.45, 7) is 4.01. The molecule has 1 heterocycles. The molecule has 0 radical (unpaired) electrons. The molecule has 3 heteroatoms. The van der Waals surface area contributed by atoms with Crippen LogP contribution in [0.3, 0.4) is 0 Å². The Hall–Kier alpha value is -1.77. The maximum Gasteiger partial charge on any atom is 0.147 e. The Bertz CT molecular complexity index is 448. The lowest BCUT2D eigenvalue weighted by Gasteiger charge is -2.03. The molecule has 1 N–H and O–H groups in total. The number of unbranched alkanes of at least 4 members (excludes halogenated alkanes) is 1. The van der Waals surface area contributed by atoms with Gasteiger partial charge in [0.05, 0.1) is 0 Å². The predicted octanol–water partition coefficient (Wildman–Crippen LogP) is 3.34. The molecule has 0 aliphatic carbocycles. The van der Waals surface area contributed by atoms with Crippen molar-refractivity contribution >= 4 is 5.82 Å². The normalized spacial score (nSPS) is 10.5. The summed E-state index contributed by atoms with van der Waals surface area (Å²) in [5, 5.41) is 7.74. The Kier molecular flexibility index (Phi) is 4.82. The van der Waals surface area contributed by atoms with Crippen LogP contribution in [0.2, 0.25) is 0 Å². The number of hydrogen-bond acceptors (Lipinski definition) is 2. The summed E-state index contributed by atoms with van der Waals surface area (Å²) in [4.78, 5) is 0. The Balaban J connectivity index is 1.61. The van der Waals surface area contributed by atoms with E-state index in [0.717, 1.165) is 25.3 Å². The van der Waals surface area contributed by atoms with Gasteiger partial charge in [-0.05, 0) is 31.7 Å². The zero-order valence-electron chi connectivity index (χ0n) is 11.0. The van der Waals surface area contributed by atoms with E-state index in [1.165, 1.54) is 18.4 Å². The van der Waals surface area contributed by atoms with Crippen molar-refractivity contribution in [2.24, 2.45) is 0 Å². The fraction of sp³-hybridized carbons (Fsp3) is 0.400. The van der Waals surface area contributed by atoms with Gasteiger partial charge in [-0.25, -0.2) is 0 Å². The lowest BCUT2D eigenvalue weighted by atomic mass is 10.1. The highest BCUT2D eigenvalue weighted by atomic mass is 15.3. The van der Waals surface area contributed by atoms with Crippen LogP contribution < -0.4 is 5.32 Å². The third kappa shape index (κ3) is 3.91. The fourth-order valence-electron chi connectivity index (χ4n) is 1.95. The second kappa shape index (κ2) is 6.84. The first kappa shape index (κ1) is 12.7. The maximum atomic E-state index is 4.39. The van der Waals surface area contributed by atoms with Crippen LogP contribution in [0.25, 0.3) is 0 Å². The molecule has 1 aromatic heterocycles. The summed E-state index contributed by atoms with van der Waals surface area (Å²) in [5.74, 6) is 0.983. The van der Waals surface area contributed by atoms with Gasteiger partial charge in [-0.15, -0.1) is 0 Å². The number of aromatic nitrogens is 2. The van der Waals surface area contributed by atoms with Gasteiger partial charge in [0, 0.05) is 25.4 Å². The molecule has 0 amide bonds. The minimum absolute atomic E-state index is 0.926. The van der Waals surface area contributed by atoms with Crippen LogP contribution >= 0.6 is 0 Å². The summed E-state index contributed by atoms with van der Waals surface area (Å²) in [7, 11) is 0. The molecule has 0 bridgehead atoms.